The lowest BCUT2D eigenvalue weighted by atomic mass is 10.00. The lowest BCUT2D eigenvalue weighted by Gasteiger charge is -2.11. The van der Waals surface area contributed by atoms with E-state index in [1.807, 2.05) is 4.68 Å². The third-order valence-corrected chi connectivity index (χ3v) is 4.51. The highest BCUT2D eigenvalue weighted by atomic mass is 32.2. The molecule has 0 saturated heterocycles. The van der Waals surface area contributed by atoms with E-state index in [1.165, 1.54) is 11.8 Å². The lowest BCUT2D eigenvalue weighted by Crippen LogP contribution is -2.22. The Labute approximate surface area is 122 Å². The SMILES string of the molecule is CCc1nn(CCS(C)(=O)=O)c(CC)c1CC(N)CC. The van der Waals surface area contributed by atoms with Crippen molar-refractivity contribution in [2.24, 2.45) is 5.73 Å². The average molecular weight is 301 g/mol. The van der Waals surface area contributed by atoms with Crippen molar-refractivity contribution in [3.8, 4) is 0 Å². The largest absolute Gasteiger partial charge is 0.327 e. The maximum absolute atomic E-state index is 11.3. The summed E-state index contributed by atoms with van der Waals surface area (Å²) in [5.74, 6) is 0.129. The summed E-state index contributed by atoms with van der Waals surface area (Å²) in [5.41, 5.74) is 9.48. The van der Waals surface area contributed by atoms with Gasteiger partial charge >= 0.3 is 0 Å². The molecule has 0 spiro atoms. The Kier molecular flexibility index (Phi) is 6.20. The molecule has 116 valence electrons. The summed E-state index contributed by atoms with van der Waals surface area (Å²) >= 11 is 0. The fraction of sp³-hybridized carbons (Fsp3) is 0.786. The molecule has 20 heavy (non-hydrogen) atoms. The molecular formula is C14H27N3O2S. The third-order valence-electron chi connectivity index (χ3n) is 3.58. The summed E-state index contributed by atoms with van der Waals surface area (Å²) in [6.07, 6.45) is 4.71. The summed E-state index contributed by atoms with van der Waals surface area (Å²) < 4.78 is 24.5. The van der Waals surface area contributed by atoms with Gasteiger partial charge in [-0.15, -0.1) is 0 Å². The zero-order valence-electron chi connectivity index (χ0n) is 13.0. The standard InChI is InChI=1S/C14H27N3O2S/c1-5-11(15)10-12-13(6-2)16-17(14(12)7-3)8-9-20(4,18)19/h11H,5-10,15H2,1-4H3. The Morgan fingerprint density at radius 2 is 1.90 bits per heavy atom. The molecule has 6 heteroatoms. The molecule has 2 N–H and O–H groups in total. The molecule has 0 aliphatic carbocycles. The molecule has 0 saturated carbocycles. The number of hydrogen-bond acceptors (Lipinski definition) is 4. The topological polar surface area (TPSA) is 78.0 Å². The average Bonchev–Trinajstić information content (AvgIpc) is 2.72. The summed E-state index contributed by atoms with van der Waals surface area (Å²) in [6, 6.07) is 0.137. The number of hydrogen-bond donors (Lipinski definition) is 1. The third kappa shape index (κ3) is 4.59. The van der Waals surface area contributed by atoms with Gasteiger partial charge in [0.1, 0.15) is 9.84 Å². The van der Waals surface area contributed by atoms with Gasteiger partial charge in [-0.05, 0) is 31.2 Å². The minimum Gasteiger partial charge on any atom is -0.327 e. The van der Waals surface area contributed by atoms with E-state index >= 15 is 0 Å². The van der Waals surface area contributed by atoms with Gasteiger partial charge < -0.3 is 5.73 Å². The van der Waals surface area contributed by atoms with Crippen molar-refractivity contribution >= 4 is 9.84 Å². The molecule has 0 amide bonds. The highest BCUT2D eigenvalue weighted by Crippen LogP contribution is 2.19. The van der Waals surface area contributed by atoms with Crippen molar-refractivity contribution in [3.63, 3.8) is 0 Å². The van der Waals surface area contributed by atoms with Gasteiger partial charge in [-0.1, -0.05) is 20.8 Å². The number of sulfone groups is 1. The molecule has 0 radical (unpaired) electrons. The Morgan fingerprint density at radius 3 is 2.35 bits per heavy atom. The Balaban J connectivity index is 3.07. The monoisotopic (exact) mass is 301 g/mol. The van der Waals surface area contributed by atoms with Crippen LogP contribution in [0, 0.1) is 0 Å². The van der Waals surface area contributed by atoms with Crippen LogP contribution in [0.5, 0.6) is 0 Å². The van der Waals surface area contributed by atoms with Crippen LogP contribution in [0.15, 0.2) is 0 Å². The van der Waals surface area contributed by atoms with Gasteiger partial charge in [-0.2, -0.15) is 5.10 Å². The van der Waals surface area contributed by atoms with Crippen LogP contribution in [0.2, 0.25) is 0 Å². The first kappa shape index (κ1) is 17.2. The quantitative estimate of drug-likeness (QED) is 0.786. The highest BCUT2D eigenvalue weighted by Gasteiger charge is 2.18. The maximum atomic E-state index is 11.3. The van der Waals surface area contributed by atoms with Gasteiger partial charge in [0, 0.05) is 18.0 Å². The number of aromatic nitrogens is 2. The number of nitrogens with zero attached hydrogens (tertiary/aromatic N) is 2. The molecule has 1 rings (SSSR count). The summed E-state index contributed by atoms with van der Waals surface area (Å²) in [6.45, 7) is 6.66. The lowest BCUT2D eigenvalue weighted by molar-refractivity contribution is 0.575. The van der Waals surface area contributed by atoms with E-state index in [1.54, 1.807) is 0 Å². The normalized spacial score (nSPS) is 13.7. The van der Waals surface area contributed by atoms with Crippen LogP contribution in [-0.2, 0) is 35.6 Å². The van der Waals surface area contributed by atoms with E-state index < -0.39 is 9.84 Å². The molecule has 0 bridgehead atoms. The molecule has 1 aromatic heterocycles. The van der Waals surface area contributed by atoms with Gasteiger partial charge in [-0.3, -0.25) is 4.68 Å². The number of aryl methyl sites for hydroxylation is 2. The fourth-order valence-electron chi connectivity index (χ4n) is 2.35. The van der Waals surface area contributed by atoms with Gasteiger partial charge in [0.05, 0.1) is 18.0 Å². The zero-order valence-corrected chi connectivity index (χ0v) is 13.8. The summed E-state index contributed by atoms with van der Waals surface area (Å²) in [5, 5.41) is 4.59. The van der Waals surface area contributed by atoms with Crippen molar-refractivity contribution in [3.05, 3.63) is 17.0 Å². The van der Waals surface area contributed by atoms with Crippen molar-refractivity contribution in [1.29, 1.82) is 0 Å². The maximum Gasteiger partial charge on any atom is 0.149 e. The number of rotatable bonds is 8. The zero-order chi connectivity index (χ0) is 15.3. The number of nitrogens with two attached hydrogens (primary N) is 1. The van der Waals surface area contributed by atoms with Gasteiger partial charge in [0.25, 0.3) is 0 Å². The van der Waals surface area contributed by atoms with Crippen molar-refractivity contribution in [2.45, 2.75) is 59.0 Å². The van der Waals surface area contributed by atoms with Crippen molar-refractivity contribution < 1.29 is 8.42 Å². The van der Waals surface area contributed by atoms with E-state index in [0.29, 0.717) is 6.54 Å². The van der Waals surface area contributed by atoms with E-state index in [9.17, 15) is 8.42 Å². The van der Waals surface area contributed by atoms with E-state index in [4.69, 9.17) is 5.73 Å². The molecule has 0 aliphatic rings. The molecule has 1 atom stereocenters. The first-order valence-electron chi connectivity index (χ1n) is 7.33. The Hall–Kier alpha value is -0.880. The van der Waals surface area contributed by atoms with Crippen LogP contribution in [0.25, 0.3) is 0 Å². The van der Waals surface area contributed by atoms with Gasteiger partial charge in [0.2, 0.25) is 0 Å². The van der Waals surface area contributed by atoms with E-state index in [2.05, 4.69) is 25.9 Å². The van der Waals surface area contributed by atoms with Crippen LogP contribution < -0.4 is 5.73 Å². The minimum atomic E-state index is -2.97. The smallest absolute Gasteiger partial charge is 0.149 e. The Bertz CT molecular complexity index is 535. The predicted octanol–water partition coefficient (Wildman–Crippen LogP) is 1.33. The van der Waals surface area contributed by atoms with Gasteiger partial charge in [-0.25, -0.2) is 8.42 Å². The molecule has 0 fully saturated rings. The van der Waals surface area contributed by atoms with Crippen LogP contribution in [0.1, 0.15) is 44.1 Å². The second-order valence-electron chi connectivity index (χ2n) is 5.30. The van der Waals surface area contributed by atoms with Crippen molar-refractivity contribution in [1.82, 2.24) is 9.78 Å². The molecular weight excluding hydrogens is 274 g/mol. The molecule has 1 heterocycles. The molecule has 1 aromatic rings. The molecule has 1 unspecified atom stereocenters. The summed E-state index contributed by atoms with van der Waals surface area (Å²) in [4.78, 5) is 0. The summed E-state index contributed by atoms with van der Waals surface area (Å²) in [7, 11) is -2.97. The van der Waals surface area contributed by atoms with Crippen molar-refractivity contribution in [2.75, 3.05) is 12.0 Å². The minimum absolute atomic E-state index is 0.129. The predicted molar refractivity (Wildman–Crippen MR) is 82.7 cm³/mol. The van der Waals surface area contributed by atoms with Crippen LogP contribution in [0.3, 0.4) is 0 Å². The van der Waals surface area contributed by atoms with E-state index in [-0.39, 0.29) is 11.8 Å². The molecule has 0 aromatic carbocycles. The first-order chi connectivity index (χ1) is 9.32. The molecule has 5 nitrogen and oxygen atoms in total. The van der Waals surface area contributed by atoms with Crippen LogP contribution in [-0.4, -0.2) is 36.2 Å². The van der Waals surface area contributed by atoms with Gasteiger partial charge in [0.15, 0.2) is 0 Å². The second kappa shape index (κ2) is 7.22. The van der Waals surface area contributed by atoms with Crippen LogP contribution in [0.4, 0.5) is 0 Å². The van der Waals surface area contributed by atoms with Crippen LogP contribution >= 0.6 is 0 Å². The fourth-order valence-corrected chi connectivity index (χ4v) is 2.85. The highest BCUT2D eigenvalue weighted by molar-refractivity contribution is 7.90. The second-order valence-corrected chi connectivity index (χ2v) is 7.56. The molecule has 0 aliphatic heterocycles. The van der Waals surface area contributed by atoms with E-state index in [0.717, 1.165) is 37.1 Å². The first-order valence-corrected chi connectivity index (χ1v) is 9.39. The Morgan fingerprint density at radius 1 is 1.25 bits per heavy atom.